The van der Waals surface area contributed by atoms with E-state index in [9.17, 15) is 4.57 Å². The van der Waals surface area contributed by atoms with Gasteiger partial charge in [0.25, 0.3) is 0 Å². The number of unbranched alkanes of at least 4 members (excludes halogenated alkanes) is 1. The summed E-state index contributed by atoms with van der Waals surface area (Å²) in [5.41, 5.74) is -0.727. The smallest absolute Gasteiger partial charge is 0.303 e. The van der Waals surface area contributed by atoms with Gasteiger partial charge >= 0.3 is 7.82 Å². The van der Waals surface area contributed by atoms with Gasteiger partial charge in [0.1, 0.15) is 0 Å². The van der Waals surface area contributed by atoms with Crippen LogP contribution >= 0.6 is 7.82 Å². The molecule has 0 amide bonds. The first kappa shape index (κ1) is 12.1. The van der Waals surface area contributed by atoms with Crippen molar-refractivity contribution < 1.29 is 18.9 Å². The summed E-state index contributed by atoms with van der Waals surface area (Å²) in [7, 11) is -4.33. The van der Waals surface area contributed by atoms with Crippen LogP contribution in [0.15, 0.2) is 0 Å². The molecule has 0 aliphatic rings. The lowest BCUT2D eigenvalue weighted by Gasteiger charge is -2.24. The molecule has 0 saturated carbocycles. The third-order valence-corrected chi connectivity index (χ3v) is 2.23. The number of hydrogen-bond acceptors (Lipinski definition) is 2. The van der Waals surface area contributed by atoms with Gasteiger partial charge in [-0.2, -0.15) is 0 Å². The molecule has 5 heteroatoms. The molecule has 2 N–H and O–H groups in total. The maximum atomic E-state index is 10.5. The Morgan fingerprint density at radius 2 is 1.92 bits per heavy atom. The Morgan fingerprint density at radius 3 is 2.25 bits per heavy atom. The molecule has 0 aromatic carbocycles. The lowest BCUT2D eigenvalue weighted by molar-refractivity contribution is 0.0561. The van der Waals surface area contributed by atoms with E-state index < -0.39 is 13.4 Å². The number of hydrogen-bond donors (Lipinski definition) is 2. The van der Waals surface area contributed by atoms with Crippen molar-refractivity contribution in [3.8, 4) is 0 Å². The first-order valence-corrected chi connectivity index (χ1v) is 5.56. The van der Waals surface area contributed by atoms with Crippen molar-refractivity contribution in [3.63, 3.8) is 0 Å². The molecule has 0 aromatic rings. The summed E-state index contributed by atoms with van der Waals surface area (Å²) in [4.78, 5) is 17.1. The van der Waals surface area contributed by atoms with E-state index in [4.69, 9.17) is 9.79 Å². The Kier molecular flexibility index (Phi) is 4.42. The molecule has 0 aliphatic carbocycles. The lowest BCUT2D eigenvalue weighted by atomic mass is 10.0. The second-order valence-corrected chi connectivity index (χ2v) is 4.61. The van der Waals surface area contributed by atoms with E-state index in [2.05, 4.69) is 4.52 Å². The first-order chi connectivity index (χ1) is 5.27. The van der Waals surface area contributed by atoms with E-state index in [0.29, 0.717) is 6.42 Å². The summed E-state index contributed by atoms with van der Waals surface area (Å²) in [6.45, 7) is 5.39. The highest BCUT2D eigenvalue weighted by Gasteiger charge is 2.27. The number of phosphoric ester groups is 1. The molecule has 0 aliphatic heterocycles. The summed E-state index contributed by atoms with van der Waals surface area (Å²) in [6, 6.07) is 0. The Balaban J connectivity index is 3.95. The van der Waals surface area contributed by atoms with Gasteiger partial charge in [0.15, 0.2) is 0 Å². The average molecular weight is 196 g/mol. The zero-order valence-electron chi connectivity index (χ0n) is 7.78. The Morgan fingerprint density at radius 1 is 1.42 bits per heavy atom. The third-order valence-electron chi connectivity index (χ3n) is 1.50. The van der Waals surface area contributed by atoms with Crippen LogP contribution in [0.4, 0.5) is 0 Å². The number of phosphoric acid groups is 1. The largest absolute Gasteiger partial charge is 0.470 e. The monoisotopic (exact) mass is 196 g/mol. The highest BCUT2D eigenvalue weighted by atomic mass is 31.2. The van der Waals surface area contributed by atoms with Crippen molar-refractivity contribution in [1.29, 1.82) is 0 Å². The highest BCUT2D eigenvalue weighted by molar-refractivity contribution is 7.46. The molecular weight excluding hydrogens is 179 g/mol. The van der Waals surface area contributed by atoms with Gasteiger partial charge in [-0.1, -0.05) is 19.8 Å². The van der Waals surface area contributed by atoms with Crippen LogP contribution in [0, 0.1) is 0 Å². The Labute approximate surface area is 73.2 Å². The molecule has 0 aromatic heterocycles. The van der Waals surface area contributed by atoms with E-state index in [1.165, 1.54) is 0 Å². The zero-order chi connectivity index (χ0) is 9.83. The van der Waals surface area contributed by atoms with Gasteiger partial charge in [0, 0.05) is 0 Å². The molecule has 0 unspecified atom stereocenters. The van der Waals surface area contributed by atoms with Gasteiger partial charge in [-0.25, -0.2) is 4.57 Å². The van der Waals surface area contributed by atoms with E-state index in [1.54, 1.807) is 13.8 Å². The SMILES string of the molecule is CCCCC(C)(C)OP(=O)(O)O. The summed E-state index contributed by atoms with van der Waals surface area (Å²) in [6.07, 6.45) is 2.57. The molecular formula is C7H17O4P. The predicted octanol–water partition coefficient (Wildman–Crippen LogP) is 2.06. The van der Waals surface area contributed by atoms with Gasteiger partial charge in [0.05, 0.1) is 5.60 Å². The first-order valence-electron chi connectivity index (χ1n) is 4.03. The molecule has 0 radical (unpaired) electrons. The maximum Gasteiger partial charge on any atom is 0.470 e. The average Bonchev–Trinajstić information content (AvgIpc) is 1.78. The molecule has 0 bridgehead atoms. The molecule has 12 heavy (non-hydrogen) atoms. The molecule has 0 spiro atoms. The van der Waals surface area contributed by atoms with Crippen LogP contribution in [0.2, 0.25) is 0 Å². The van der Waals surface area contributed by atoms with E-state index in [0.717, 1.165) is 12.8 Å². The third kappa shape index (κ3) is 6.80. The quantitative estimate of drug-likeness (QED) is 0.660. The van der Waals surface area contributed by atoms with Gasteiger partial charge in [-0.15, -0.1) is 0 Å². The summed E-state index contributed by atoms with van der Waals surface area (Å²) < 4.78 is 15.1. The summed E-state index contributed by atoms with van der Waals surface area (Å²) >= 11 is 0. The van der Waals surface area contributed by atoms with Crippen LogP contribution in [0.5, 0.6) is 0 Å². The molecule has 0 fully saturated rings. The van der Waals surface area contributed by atoms with Crippen molar-refractivity contribution in [2.75, 3.05) is 0 Å². The maximum absolute atomic E-state index is 10.5. The second-order valence-electron chi connectivity index (χ2n) is 3.45. The van der Waals surface area contributed by atoms with Crippen molar-refractivity contribution in [2.45, 2.75) is 45.6 Å². The van der Waals surface area contributed by atoms with Crippen molar-refractivity contribution >= 4 is 7.82 Å². The van der Waals surface area contributed by atoms with Crippen LogP contribution in [0.25, 0.3) is 0 Å². The zero-order valence-corrected chi connectivity index (χ0v) is 8.67. The van der Waals surface area contributed by atoms with Crippen LogP contribution in [0.1, 0.15) is 40.0 Å². The molecule has 4 nitrogen and oxygen atoms in total. The fraction of sp³-hybridized carbons (Fsp3) is 1.00. The van der Waals surface area contributed by atoms with Crippen molar-refractivity contribution in [1.82, 2.24) is 0 Å². The predicted molar refractivity (Wildman–Crippen MR) is 46.7 cm³/mol. The fourth-order valence-electron chi connectivity index (χ4n) is 0.970. The van der Waals surface area contributed by atoms with Crippen molar-refractivity contribution in [3.05, 3.63) is 0 Å². The molecule has 0 atom stereocenters. The normalized spacial score (nSPS) is 13.4. The van der Waals surface area contributed by atoms with Gasteiger partial charge < -0.3 is 9.79 Å². The minimum absolute atomic E-state index is 0.661. The van der Waals surface area contributed by atoms with Crippen LogP contribution < -0.4 is 0 Å². The fourth-order valence-corrected chi connectivity index (χ4v) is 1.71. The molecule has 0 heterocycles. The van der Waals surface area contributed by atoms with Crippen LogP contribution in [0.3, 0.4) is 0 Å². The highest BCUT2D eigenvalue weighted by Crippen LogP contribution is 2.42. The molecule has 0 saturated heterocycles. The molecule has 74 valence electrons. The minimum atomic E-state index is -4.33. The van der Waals surface area contributed by atoms with E-state index >= 15 is 0 Å². The number of rotatable bonds is 5. The van der Waals surface area contributed by atoms with Crippen LogP contribution in [-0.4, -0.2) is 15.4 Å². The van der Waals surface area contributed by atoms with E-state index in [-0.39, 0.29) is 0 Å². The van der Waals surface area contributed by atoms with Gasteiger partial charge in [0.2, 0.25) is 0 Å². The Hall–Kier alpha value is 0.110. The second kappa shape index (κ2) is 4.38. The molecule has 0 rings (SSSR count). The van der Waals surface area contributed by atoms with Crippen molar-refractivity contribution in [2.24, 2.45) is 0 Å². The van der Waals surface area contributed by atoms with Gasteiger partial charge in [-0.05, 0) is 20.3 Å². The minimum Gasteiger partial charge on any atom is -0.303 e. The lowest BCUT2D eigenvalue weighted by Crippen LogP contribution is -2.22. The van der Waals surface area contributed by atoms with E-state index in [1.807, 2.05) is 6.92 Å². The summed E-state index contributed by atoms with van der Waals surface area (Å²) in [5.74, 6) is 0. The van der Waals surface area contributed by atoms with Crippen LogP contribution in [-0.2, 0) is 9.09 Å². The summed E-state index contributed by atoms with van der Waals surface area (Å²) in [5, 5.41) is 0. The standard InChI is InChI=1S/C7H17O4P/c1-4-5-6-7(2,3)11-12(8,9)10/h4-6H2,1-3H3,(H2,8,9,10). The van der Waals surface area contributed by atoms with Gasteiger partial charge in [-0.3, -0.25) is 4.52 Å². The topological polar surface area (TPSA) is 66.8 Å². The Bertz CT molecular complexity index is 172.